The van der Waals surface area contributed by atoms with Crippen molar-refractivity contribution in [3.05, 3.63) is 52.0 Å². The Balaban J connectivity index is 0.000000326. The van der Waals surface area contributed by atoms with Crippen LogP contribution in [0.15, 0.2) is 41.5 Å². The third-order valence-corrected chi connectivity index (χ3v) is 5.28. The fourth-order valence-corrected chi connectivity index (χ4v) is 3.00. The van der Waals surface area contributed by atoms with E-state index < -0.39 is 37.8 Å². The summed E-state index contributed by atoms with van der Waals surface area (Å²) in [4.78, 5) is 22.1. The van der Waals surface area contributed by atoms with E-state index in [-0.39, 0.29) is 22.8 Å². The third kappa shape index (κ3) is 6.05. The lowest BCUT2D eigenvalue weighted by molar-refractivity contribution is -0.130. The lowest BCUT2D eigenvalue weighted by Crippen LogP contribution is -2.37. The minimum Gasteiger partial charge on any atom is -0.376 e. The van der Waals surface area contributed by atoms with Gasteiger partial charge in [0.15, 0.2) is 22.9 Å². The monoisotopic (exact) mass is 474 g/mol. The van der Waals surface area contributed by atoms with Crippen LogP contribution in [0.5, 0.6) is 5.75 Å². The Kier molecular flexibility index (Phi) is 8.06. The smallest absolute Gasteiger partial charge is 0.376 e. The summed E-state index contributed by atoms with van der Waals surface area (Å²) >= 11 is 11.2. The van der Waals surface area contributed by atoms with E-state index in [0.29, 0.717) is 0 Å². The molecule has 1 aliphatic carbocycles. The van der Waals surface area contributed by atoms with Crippen molar-refractivity contribution < 1.29 is 40.5 Å². The molecule has 0 bridgehead atoms. The summed E-state index contributed by atoms with van der Waals surface area (Å²) in [7, 11) is -5.87. The average molecular weight is 475 g/mol. The van der Waals surface area contributed by atoms with Gasteiger partial charge in [-0.15, -0.1) is 0 Å². The van der Waals surface area contributed by atoms with Gasteiger partial charge in [-0.2, -0.15) is 21.6 Å². The van der Waals surface area contributed by atoms with Crippen molar-refractivity contribution in [2.45, 2.75) is 31.4 Å². The largest absolute Gasteiger partial charge is 0.534 e. The van der Waals surface area contributed by atoms with Gasteiger partial charge in [0.25, 0.3) is 0 Å². The van der Waals surface area contributed by atoms with Gasteiger partial charge in [-0.25, -0.2) is 0 Å². The van der Waals surface area contributed by atoms with Crippen LogP contribution >= 0.6 is 23.2 Å². The number of Topliss-reactive ketones (excluding diaryl/α,β-unsaturated/α-hetero) is 2. The molecule has 6 nitrogen and oxygen atoms in total. The maximum atomic E-state index is 12.1. The van der Waals surface area contributed by atoms with Crippen molar-refractivity contribution in [3.8, 4) is 5.75 Å². The van der Waals surface area contributed by atoms with Crippen molar-refractivity contribution in [3.63, 3.8) is 0 Å². The van der Waals surface area contributed by atoms with Crippen LogP contribution in [-0.2, 0) is 14.9 Å². The number of ketones is 2. The minimum absolute atomic E-state index is 0.201. The number of carbonyl (C=O) groups is 2. The molecular weight excluding hydrogens is 460 g/mol. The van der Waals surface area contributed by atoms with E-state index in [1.165, 1.54) is 19.1 Å². The number of hydrogen-bond acceptors (Lipinski definition) is 6. The van der Waals surface area contributed by atoms with Crippen LogP contribution in [0, 0.1) is 0 Å². The Labute approximate surface area is 174 Å². The van der Waals surface area contributed by atoms with Crippen LogP contribution in [-0.4, -0.2) is 36.2 Å². The van der Waals surface area contributed by atoms with Crippen LogP contribution in [0.4, 0.5) is 13.2 Å². The molecule has 0 saturated carbocycles. The summed E-state index contributed by atoms with van der Waals surface area (Å²) in [5.41, 5.74) is -7.41. The van der Waals surface area contributed by atoms with Crippen molar-refractivity contribution in [2.75, 3.05) is 0 Å². The first-order chi connectivity index (χ1) is 13.1. The molecule has 1 unspecified atom stereocenters. The normalized spacial score (nSPS) is 19.0. The van der Waals surface area contributed by atoms with Crippen LogP contribution in [0.3, 0.4) is 0 Å². The molecule has 1 aromatic carbocycles. The van der Waals surface area contributed by atoms with Gasteiger partial charge < -0.3 is 9.29 Å². The Hall–Kier alpha value is -1.88. The number of benzene rings is 1. The lowest BCUT2D eigenvalue weighted by atomic mass is 9.91. The molecule has 0 aliphatic heterocycles. The number of alkyl halides is 3. The summed E-state index contributed by atoms with van der Waals surface area (Å²) in [5.74, 6) is -1.82. The second kappa shape index (κ2) is 9.29. The maximum Gasteiger partial charge on any atom is 0.534 e. The van der Waals surface area contributed by atoms with Crippen molar-refractivity contribution in [1.29, 1.82) is 0 Å². The van der Waals surface area contributed by atoms with Crippen molar-refractivity contribution in [1.82, 2.24) is 0 Å². The topological polar surface area (TPSA) is 97.7 Å². The number of carbonyl (C=O) groups excluding carboxylic acids is 2. The van der Waals surface area contributed by atoms with Gasteiger partial charge >= 0.3 is 15.6 Å². The van der Waals surface area contributed by atoms with E-state index in [9.17, 15) is 36.3 Å². The highest BCUT2D eigenvalue weighted by Crippen LogP contribution is 2.34. The SMILES string of the molecule is CC(=O)C1(O)CC=CC=C1Cl.CC(=O)c1cccc(Cl)c1OS(=O)(=O)C(F)(F)F. The molecule has 0 heterocycles. The average Bonchev–Trinajstić information content (AvgIpc) is 2.58. The van der Waals surface area contributed by atoms with Crippen LogP contribution in [0.1, 0.15) is 30.6 Å². The minimum atomic E-state index is -5.87. The molecule has 1 N–H and O–H groups in total. The van der Waals surface area contributed by atoms with Gasteiger partial charge in [0.2, 0.25) is 0 Å². The van der Waals surface area contributed by atoms with E-state index >= 15 is 0 Å². The molecule has 0 radical (unpaired) electrons. The Morgan fingerprint density at radius 3 is 2.21 bits per heavy atom. The molecule has 0 fully saturated rings. The van der Waals surface area contributed by atoms with E-state index in [0.717, 1.165) is 19.1 Å². The maximum absolute atomic E-state index is 12.1. The van der Waals surface area contributed by atoms with E-state index in [1.807, 2.05) is 0 Å². The summed E-state index contributed by atoms with van der Waals surface area (Å²) in [6.07, 6.45) is 5.25. The van der Waals surface area contributed by atoms with Gasteiger partial charge in [-0.05, 0) is 32.1 Å². The Morgan fingerprint density at radius 1 is 1.21 bits per heavy atom. The van der Waals surface area contributed by atoms with E-state index in [1.54, 1.807) is 12.2 Å². The first kappa shape index (κ1) is 25.2. The molecule has 0 amide bonds. The molecule has 1 aliphatic rings. The number of rotatable bonds is 4. The Bertz CT molecular complexity index is 970. The van der Waals surface area contributed by atoms with Crippen LogP contribution in [0.2, 0.25) is 5.02 Å². The highest BCUT2D eigenvalue weighted by molar-refractivity contribution is 7.88. The van der Waals surface area contributed by atoms with Crippen LogP contribution < -0.4 is 4.18 Å². The lowest BCUT2D eigenvalue weighted by Gasteiger charge is -2.24. The van der Waals surface area contributed by atoms with Gasteiger partial charge in [-0.1, -0.05) is 41.4 Å². The molecule has 29 heavy (non-hydrogen) atoms. The molecule has 160 valence electrons. The zero-order valence-electron chi connectivity index (χ0n) is 15.0. The zero-order chi connectivity index (χ0) is 22.6. The fraction of sp³-hybridized carbons (Fsp3) is 0.294. The number of halogens is 5. The molecule has 0 spiro atoms. The van der Waals surface area contributed by atoms with Crippen molar-refractivity contribution >= 4 is 44.9 Å². The quantitative estimate of drug-likeness (QED) is 0.399. The standard InChI is InChI=1S/C9H6ClF3O4S.C8H9ClO2/c1-5(14)6-3-2-4-7(10)8(6)17-18(15,16)9(11,12)13;1-6(10)8(11)5-3-2-4-7(8)9/h2-4H,1H3;2-4,11H,5H2,1H3. The van der Waals surface area contributed by atoms with E-state index in [4.69, 9.17) is 23.2 Å². The second-order valence-corrected chi connectivity index (χ2v) is 8.07. The summed E-state index contributed by atoms with van der Waals surface area (Å²) < 4.78 is 62.0. The number of para-hydroxylation sites is 1. The molecule has 2 rings (SSSR count). The van der Waals surface area contributed by atoms with Gasteiger partial charge in [0.1, 0.15) is 0 Å². The highest BCUT2D eigenvalue weighted by Gasteiger charge is 2.49. The highest BCUT2D eigenvalue weighted by atomic mass is 35.5. The molecule has 1 aromatic rings. The van der Waals surface area contributed by atoms with Gasteiger partial charge in [0.05, 0.1) is 15.6 Å². The van der Waals surface area contributed by atoms with Gasteiger partial charge in [-0.3, -0.25) is 9.59 Å². The van der Waals surface area contributed by atoms with Crippen LogP contribution in [0.25, 0.3) is 0 Å². The van der Waals surface area contributed by atoms with E-state index in [2.05, 4.69) is 4.18 Å². The number of hydrogen-bond donors (Lipinski definition) is 1. The van der Waals surface area contributed by atoms with Crippen molar-refractivity contribution in [2.24, 2.45) is 0 Å². The second-order valence-electron chi connectivity index (χ2n) is 5.72. The third-order valence-electron chi connectivity index (χ3n) is 3.59. The molecule has 1 atom stereocenters. The first-order valence-electron chi connectivity index (χ1n) is 7.70. The molecule has 0 aromatic heterocycles. The van der Waals surface area contributed by atoms with Gasteiger partial charge in [0, 0.05) is 6.42 Å². The molecule has 12 heteroatoms. The Morgan fingerprint density at radius 2 is 1.79 bits per heavy atom. The summed E-state index contributed by atoms with van der Waals surface area (Å²) in [6, 6.07) is 3.50. The molecular formula is C17H15Cl2F3O6S. The summed E-state index contributed by atoms with van der Waals surface area (Å²) in [6.45, 7) is 2.37. The predicted octanol–water partition coefficient (Wildman–Crippen LogP) is 4.16. The first-order valence-corrected chi connectivity index (χ1v) is 9.86. The zero-order valence-corrected chi connectivity index (χ0v) is 17.3. The molecule has 0 saturated heterocycles. The fourth-order valence-electron chi connectivity index (χ4n) is 1.97. The predicted molar refractivity (Wildman–Crippen MR) is 100 cm³/mol. The number of allylic oxidation sites excluding steroid dienone is 2. The summed E-state index contributed by atoms with van der Waals surface area (Å²) in [5, 5.41) is 9.41. The number of aliphatic hydroxyl groups is 1.